The van der Waals surface area contributed by atoms with E-state index in [9.17, 15) is 71.7 Å². The van der Waals surface area contributed by atoms with Crippen LogP contribution in [-0.4, -0.2) is 180 Å². The number of nitrogens with one attached hydrogen (secondary N) is 11. The second-order valence-corrected chi connectivity index (χ2v) is 24.8. The molecular weight excluding hydrogens is 1240 g/mol. The van der Waals surface area contributed by atoms with E-state index in [0.29, 0.717) is 46.8 Å². The SMILES string of the molecule is NCCCC[C@@H]1NC(=O)CCSSC[C@@H](C(N)=O)NC(=O)[C@@H]2CCCN2C(=O)[C@H](Cc2ccc(O)cc2)NC(=O)[C@H](Cc2c[nH]cn2)NC(=O)[C@H](CC(=O)O)NC(=O)[C@H](Cc2c[nH]c3ccc(F)cc23)NC(=O)[C@H](Cc2c[nH]c3ccc(F)cc23)NC(=O)CNC1=O. The van der Waals surface area contributed by atoms with Crippen molar-refractivity contribution in [2.75, 3.05) is 31.1 Å². The van der Waals surface area contributed by atoms with Gasteiger partial charge in [-0.3, -0.25) is 52.7 Å². The molecule has 17 N–H and O–H groups in total. The van der Waals surface area contributed by atoms with E-state index >= 15 is 0 Å². The predicted octanol–water partition coefficient (Wildman–Crippen LogP) is 0.00160. The molecule has 5 heterocycles. The molecule has 6 aromatic rings. The third-order valence-electron chi connectivity index (χ3n) is 15.4. The highest BCUT2D eigenvalue weighted by Crippen LogP contribution is 2.26. The number of hydrogen-bond donors (Lipinski definition) is 15. The minimum atomic E-state index is -2.04. The minimum absolute atomic E-state index is 0.0194. The fourth-order valence-electron chi connectivity index (χ4n) is 10.7. The highest BCUT2D eigenvalue weighted by atomic mass is 33.1. The number of aromatic amines is 3. The van der Waals surface area contributed by atoms with Crippen LogP contribution >= 0.6 is 21.6 Å². The van der Waals surface area contributed by atoms with Crippen molar-refractivity contribution in [3.8, 4) is 5.75 Å². The van der Waals surface area contributed by atoms with Gasteiger partial charge in [-0.2, -0.15) is 0 Å². The van der Waals surface area contributed by atoms with Crippen molar-refractivity contribution in [2.45, 2.75) is 119 Å². The van der Waals surface area contributed by atoms with Gasteiger partial charge in [0.05, 0.1) is 25.0 Å². The first-order chi connectivity index (χ1) is 44.1. The molecule has 3 aromatic heterocycles. The number of nitrogens with zero attached hydrogens (tertiary/aromatic N) is 2. The first kappa shape index (κ1) is 68.4. The van der Waals surface area contributed by atoms with Gasteiger partial charge < -0.3 is 84.1 Å². The molecule has 2 saturated heterocycles. The number of nitrogens with two attached hydrogens (primary N) is 2. The van der Waals surface area contributed by atoms with Gasteiger partial charge in [0, 0.05) is 90.6 Å². The number of carboxylic acids is 1. The van der Waals surface area contributed by atoms with Crippen LogP contribution in [0.5, 0.6) is 5.75 Å². The Hall–Kier alpha value is -9.56. The number of aliphatic carboxylic acids is 1. The van der Waals surface area contributed by atoms with Crippen molar-refractivity contribution in [1.29, 1.82) is 0 Å². The number of carboxylic acid groups (broad SMARTS) is 1. The number of H-pyrrole nitrogens is 3. The molecule has 92 heavy (non-hydrogen) atoms. The van der Waals surface area contributed by atoms with Crippen LogP contribution < -0.4 is 54.0 Å². The Morgan fingerprint density at radius 2 is 1.23 bits per heavy atom. The molecule has 0 bridgehead atoms. The molecule has 3 aromatic carbocycles. The van der Waals surface area contributed by atoms with E-state index in [1.54, 1.807) is 0 Å². The molecule has 0 aliphatic carbocycles. The molecule has 8 atom stereocenters. The Kier molecular flexibility index (Phi) is 24.1. The second-order valence-electron chi connectivity index (χ2n) is 22.1. The topological polar surface area (TPSA) is 440 Å². The molecular formula is C60H71F2N15O13S2. The summed E-state index contributed by atoms with van der Waals surface area (Å²) in [4.78, 5) is 169. The molecule has 2 aliphatic heterocycles. The van der Waals surface area contributed by atoms with Crippen molar-refractivity contribution in [3.05, 3.63) is 120 Å². The number of aromatic nitrogens is 4. The second kappa shape index (κ2) is 32.4. The zero-order chi connectivity index (χ0) is 66.0. The van der Waals surface area contributed by atoms with Crippen LogP contribution in [0, 0.1) is 11.6 Å². The fourth-order valence-corrected chi connectivity index (χ4v) is 12.9. The molecule has 8 rings (SSSR count). The largest absolute Gasteiger partial charge is 0.508 e. The number of rotatable bonds is 15. The number of fused-ring (bicyclic) bond motifs is 3. The molecule has 0 saturated carbocycles. The summed E-state index contributed by atoms with van der Waals surface area (Å²) in [5, 5.41) is 41.5. The standard InChI is InChI=1S/C60H71F2N15O13S2/c61-34-8-12-40-38(21-34)32(25-66-40)19-43-55(85)72-44(20-33-26-67-41-13-9-35(62)22-39(33)41)56(86)74-46(24-52(81)82)58(88)73-45(23-36-27-65-30-69-36)57(87)75-47(18-31-6-10-37(78)11-7-31)60(90)77-16-3-5-49(77)59(89)76-48(53(64)83)29-92-91-17-14-50(79)70-42(4-1-2-15-63)54(84)68-28-51(80)71-43/h6-13,21-22,25-27,30,42-49,66-67,78H,1-5,14-20,23-24,28-29,63H2,(H2,64,83)(H,65,69)(H,68,84)(H,70,79)(H,71,80)(H,72,85)(H,73,88)(H,74,86)(H,75,87)(H,76,89)(H,81,82)/t42-,43-,44-,45-,46-,47-,48-,49-/m0/s1. The van der Waals surface area contributed by atoms with E-state index in [0.717, 1.165) is 27.7 Å². The predicted molar refractivity (Wildman–Crippen MR) is 333 cm³/mol. The summed E-state index contributed by atoms with van der Waals surface area (Å²) in [6.45, 7) is -0.472. The number of aromatic hydroxyl groups is 1. The van der Waals surface area contributed by atoms with Crippen LogP contribution in [-0.2, 0) is 78.4 Å². The molecule has 0 unspecified atom stereocenters. The molecule has 10 amide bonds. The summed E-state index contributed by atoms with van der Waals surface area (Å²) >= 11 is 0. The maximum Gasteiger partial charge on any atom is 0.305 e. The molecule has 0 radical (unpaired) electrons. The van der Waals surface area contributed by atoms with Crippen LogP contribution in [0.1, 0.15) is 67.3 Å². The first-order valence-electron chi connectivity index (χ1n) is 29.5. The number of hydrogen-bond acceptors (Lipinski definition) is 16. The van der Waals surface area contributed by atoms with Crippen molar-refractivity contribution in [3.63, 3.8) is 0 Å². The molecule has 2 fully saturated rings. The van der Waals surface area contributed by atoms with Gasteiger partial charge in [-0.15, -0.1) is 0 Å². The quantitative estimate of drug-likeness (QED) is 0.0475. The first-order valence-corrected chi connectivity index (χ1v) is 32.0. The number of imidazole rings is 1. The summed E-state index contributed by atoms with van der Waals surface area (Å²) in [6.07, 6.45) is 4.24. The van der Waals surface area contributed by atoms with Gasteiger partial charge >= 0.3 is 5.97 Å². The van der Waals surface area contributed by atoms with E-state index in [4.69, 9.17) is 11.5 Å². The average molecular weight is 1310 g/mol. The van der Waals surface area contributed by atoms with Crippen molar-refractivity contribution in [2.24, 2.45) is 11.5 Å². The van der Waals surface area contributed by atoms with Crippen molar-refractivity contribution < 1.29 is 71.7 Å². The van der Waals surface area contributed by atoms with E-state index in [1.165, 1.54) is 84.4 Å². The Bertz CT molecular complexity index is 3670. The van der Waals surface area contributed by atoms with Crippen LogP contribution in [0.2, 0.25) is 0 Å². The number of phenols is 1. The van der Waals surface area contributed by atoms with Crippen LogP contribution in [0.25, 0.3) is 21.8 Å². The van der Waals surface area contributed by atoms with E-state index in [-0.39, 0.29) is 79.1 Å². The smallest absolute Gasteiger partial charge is 0.305 e. The third kappa shape index (κ3) is 19.0. The molecule has 28 nitrogen and oxygen atoms in total. The summed E-state index contributed by atoms with van der Waals surface area (Å²) in [6, 6.07) is 1.01. The third-order valence-corrected chi connectivity index (χ3v) is 17.9. The van der Waals surface area contributed by atoms with E-state index in [1.807, 2.05) is 0 Å². The average Bonchev–Trinajstić information content (AvgIpc) is 1.86. The number of primary amides is 1. The van der Waals surface area contributed by atoms with Crippen LogP contribution in [0.3, 0.4) is 0 Å². The number of unbranched alkanes of at least 4 members (excludes halogenated alkanes) is 1. The lowest BCUT2D eigenvalue weighted by atomic mass is 10.0. The van der Waals surface area contributed by atoms with Gasteiger partial charge in [0.1, 0.15) is 65.7 Å². The summed E-state index contributed by atoms with van der Waals surface area (Å²) in [5.41, 5.74) is 13.5. The molecule has 490 valence electrons. The van der Waals surface area contributed by atoms with Gasteiger partial charge in [-0.1, -0.05) is 33.7 Å². The lowest BCUT2D eigenvalue weighted by Gasteiger charge is -2.31. The Labute approximate surface area is 532 Å². The lowest BCUT2D eigenvalue weighted by molar-refractivity contribution is -0.143. The van der Waals surface area contributed by atoms with Gasteiger partial charge in [0.2, 0.25) is 59.1 Å². The minimum Gasteiger partial charge on any atom is -0.508 e. The Morgan fingerprint density at radius 3 is 1.83 bits per heavy atom. The summed E-state index contributed by atoms with van der Waals surface area (Å²) < 4.78 is 29.6. The van der Waals surface area contributed by atoms with Gasteiger partial charge in [-0.05, 0) is 104 Å². The monoisotopic (exact) mass is 1310 g/mol. The van der Waals surface area contributed by atoms with Gasteiger partial charge in [0.15, 0.2) is 0 Å². The number of halogens is 2. The number of phenolic OH excluding ortho intramolecular Hbond substituents is 1. The fraction of sp³-hybridized carbons (Fsp3) is 0.400. The van der Waals surface area contributed by atoms with Crippen LogP contribution in [0.15, 0.2) is 85.6 Å². The highest BCUT2D eigenvalue weighted by Gasteiger charge is 2.41. The normalized spacial score (nSPS) is 22.7. The summed E-state index contributed by atoms with van der Waals surface area (Å²) in [5.74, 6) is -12.2. The number of carbonyl (C=O) groups excluding carboxylic acids is 10. The zero-order valence-electron chi connectivity index (χ0n) is 49.5. The Balaban J connectivity index is 1.15. The maximum atomic E-state index is 14.9. The summed E-state index contributed by atoms with van der Waals surface area (Å²) in [7, 11) is 2.27. The van der Waals surface area contributed by atoms with E-state index < -0.39 is 151 Å². The number of amides is 10. The van der Waals surface area contributed by atoms with Gasteiger partial charge in [0.25, 0.3) is 0 Å². The van der Waals surface area contributed by atoms with Crippen molar-refractivity contribution >= 4 is 108 Å². The van der Waals surface area contributed by atoms with Crippen molar-refractivity contribution in [1.82, 2.24) is 67.4 Å². The van der Waals surface area contributed by atoms with Crippen LogP contribution in [0.4, 0.5) is 8.78 Å². The zero-order valence-corrected chi connectivity index (χ0v) is 51.2. The number of carbonyl (C=O) groups is 11. The molecule has 2 aliphatic rings. The lowest BCUT2D eigenvalue weighted by Crippen LogP contribution is -2.61. The van der Waals surface area contributed by atoms with Gasteiger partial charge in [-0.25, -0.2) is 13.8 Å². The molecule has 0 spiro atoms. The number of benzene rings is 3. The molecule has 32 heteroatoms. The van der Waals surface area contributed by atoms with E-state index in [2.05, 4.69) is 62.5 Å². The Morgan fingerprint density at radius 1 is 0.641 bits per heavy atom. The highest BCUT2D eigenvalue weighted by molar-refractivity contribution is 8.76. The maximum absolute atomic E-state index is 14.9.